The number of hydrogen-bond acceptors (Lipinski definition) is 4. The van der Waals surface area contributed by atoms with Gasteiger partial charge in [0.1, 0.15) is 0 Å². The Morgan fingerprint density at radius 1 is 1.24 bits per heavy atom. The van der Waals surface area contributed by atoms with Crippen LogP contribution in [-0.4, -0.2) is 47.0 Å². The maximum Gasteiger partial charge on any atom is 0.257 e. The Bertz CT molecular complexity index is 769. The van der Waals surface area contributed by atoms with Gasteiger partial charge in [0.15, 0.2) is 5.82 Å². The number of carbonyl (C=O) groups is 1. The molecule has 0 saturated carbocycles. The molecule has 1 aromatic carbocycles. The summed E-state index contributed by atoms with van der Waals surface area (Å²) in [5.41, 5.74) is 2.62. The topological polar surface area (TPSA) is 58.1 Å². The molecular weight excluding hydrogens is 312 g/mol. The summed E-state index contributed by atoms with van der Waals surface area (Å²) in [5.74, 6) is 0.739. The van der Waals surface area contributed by atoms with E-state index in [1.54, 1.807) is 6.20 Å². The van der Waals surface area contributed by atoms with Gasteiger partial charge in [0.25, 0.3) is 5.91 Å². The molecule has 1 atom stereocenters. The van der Waals surface area contributed by atoms with Gasteiger partial charge in [0, 0.05) is 36.8 Å². The van der Waals surface area contributed by atoms with Crippen molar-refractivity contribution in [2.45, 2.75) is 26.2 Å². The molecule has 2 aliphatic rings. The van der Waals surface area contributed by atoms with E-state index in [0.717, 1.165) is 43.9 Å². The van der Waals surface area contributed by atoms with Crippen molar-refractivity contribution in [3.8, 4) is 11.4 Å². The van der Waals surface area contributed by atoms with E-state index in [-0.39, 0.29) is 11.3 Å². The van der Waals surface area contributed by atoms with Gasteiger partial charge in [-0.15, -0.1) is 0 Å². The standard InChI is InChI=1S/C20H24N4O/c1-15-17(12-22-18(23-15)16-6-3-2-4-7-16)19(25)24-11-9-20(14-24)8-5-10-21-13-20/h2-4,6-7,12,21H,5,8-11,13-14H2,1H3/t20-/m1/s1. The van der Waals surface area contributed by atoms with Gasteiger partial charge in [-0.25, -0.2) is 9.97 Å². The van der Waals surface area contributed by atoms with Gasteiger partial charge in [0.2, 0.25) is 0 Å². The van der Waals surface area contributed by atoms with Crippen molar-refractivity contribution >= 4 is 5.91 Å². The molecule has 1 N–H and O–H groups in total. The second kappa shape index (κ2) is 6.56. The number of likely N-dealkylation sites (tertiary alicyclic amines) is 1. The fourth-order valence-electron chi connectivity index (χ4n) is 4.06. The fraction of sp³-hybridized carbons (Fsp3) is 0.450. The zero-order chi connectivity index (χ0) is 17.3. The third-order valence-corrected chi connectivity index (χ3v) is 5.53. The summed E-state index contributed by atoms with van der Waals surface area (Å²) < 4.78 is 0. The Labute approximate surface area is 148 Å². The highest BCUT2D eigenvalue weighted by Gasteiger charge is 2.41. The Kier molecular flexibility index (Phi) is 4.25. The number of aryl methyl sites for hydroxylation is 1. The smallest absolute Gasteiger partial charge is 0.257 e. The molecule has 2 aromatic rings. The minimum atomic E-state index is 0.0690. The van der Waals surface area contributed by atoms with Crippen LogP contribution in [0.15, 0.2) is 36.5 Å². The molecule has 2 fully saturated rings. The van der Waals surface area contributed by atoms with Gasteiger partial charge in [0.05, 0.1) is 11.3 Å². The van der Waals surface area contributed by atoms with E-state index < -0.39 is 0 Å². The first kappa shape index (κ1) is 16.2. The zero-order valence-corrected chi connectivity index (χ0v) is 14.7. The normalized spacial score (nSPS) is 23.2. The number of carbonyl (C=O) groups excluding carboxylic acids is 1. The highest BCUT2D eigenvalue weighted by atomic mass is 16.2. The summed E-state index contributed by atoms with van der Waals surface area (Å²) in [6.07, 6.45) is 5.20. The number of hydrogen-bond donors (Lipinski definition) is 1. The first-order chi connectivity index (χ1) is 12.2. The molecule has 4 rings (SSSR count). The third-order valence-electron chi connectivity index (χ3n) is 5.53. The van der Waals surface area contributed by atoms with Gasteiger partial charge in [-0.05, 0) is 32.7 Å². The van der Waals surface area contributed by atoms with Gasteiger partial charge >= 0.3 is 0 Å². The first-order valence-corrected chi connectivity index (χ1v) is 9.06. The van der Waals surface area contributed by atoms with Crippen LogP contribution in [0.3, 0.4) is 0 Å². The molecule has 2 saturated heterocycles. The first-order valence-electron chi connectivity index (χ1n) is 9.06. The van der Waals surface area contributed by atoms with Crippen LogP contribution in [0.1, 0.15) is 35.3 Å². The van der Waals surface area contributed by atoms with E-state index in [1.807, 2.05) is 42.2 Å². The van der Waals surface area contributed by atoms with E-state index in [9.17, 15) is 4.79 Å². The molecule has 25 heavy (non-hydrogen) atoms. The number of piperidine rings is 1. The molecule has 5 heteroatoms. The second-order valence-electron chi connectivity index (χ2n) is 7.32. The average molecular weight is 336 g/mol. The van der Waals surface area contributed by atoms with Crippen molar-refractivity contribution < 1.29 is 4.79 Å². The van der Waals surface area contributed by atoms with Crippen LogP contribution in [0.25, 0.3) is 11.4 Å². The second-order valence-corrected chi connectivity index (χ2v) is 7.32. The Hall–Kier alpha value is -2.27. The van der Waals surface area contributed by atoms with Crippen LogP contribution >= 0.6 is 0 Å². The van der Waals surface area contributed by atoms with Crippen LogP contribution in [0.4, 0.5) is 0 Å². The average Bonchev–Trinajstić information content (AvgIpc) is 3.06. The van der Waals surface area contributed by atoms with Crippen LogP contribution < -0.4 is 5.32 Å². The maximum atomic E-state index is 13.0. The Morgan fingerprint density at radius 2 is 2.08 bits per heavy atom. The Balaban J connectivity index is 1.53. The maximum absolute atomic E-state index is 13.0. The largest absolute Gasteiger partial charge is 0.338 e. The quantitative estimate of drug-likeness (QED) is 0.916. The highest BCUT2D eigenvalue weighted by molar-refractivity contribution is 5.95. The SMILES string of the molecule is Cc1nc(-c2ccccc2)ncc1C(=O)N1CC[C@@]2(CCCNC2)C1. The van der Waals surface area contributed by atoms with Gasteiger partial charge in [-0.3, -0.25) is 4.79 Å². The Morgan fingerprint density at radius 3 is 2.80 bits per heavy atom. The van der Waals surface area contributed by atoms with Gasteiger partial charge < -0.3 is 10.2 Å². The summed E-state index contributed by atoms with van der Waals surface area (Å²) in [4.78, 5) is 24.0. The number of benzene rings is 1. The van der Waals surface area contributed by atoms with Crippen molar-refractivity contribution in [1.29, 1.82) is 0 Å². The zero-order valence-electron chi connectivity index (χ0n) is 14.7. The summed E-state index contributed by atoms with van der Waals surface area (Å²) in [5, 5.41) is 3.49. The lowest BCUT2D eigenvalue weighted by Gasteiger charge is -2.33. The molecule has 0 unspecified atom stereocenters. The summed E-state index contributed by atoms with van der Waals surface area (Å²) in [7, 11) is 0. The minimum Gasteiger partial charge on any atom is -0.338 e. The van der Waals surface area contributed by atoms with Gasteiger partial charge in [-0.1, -0.05) is 30.3 Å². The number of nitrogens with zero attached hydrogens (tertiary/aromatic N) is 3. The predicted molar refractivity (Wildman–Crippen MR) is 97.3 cm³/mol. The molecule has 0 radical (unpaired) electrons. The van der Waals surface area contributed by atoms with E-state index in [4.69, 9.17) is 0 Å². The minimum absolute atomic E-state index is 0.0690. The number of rotatable bonds is 2. The molecule has 0 bridgehead atoms. The fourth-order valence-corrected chi connectivity index (χ4v) is 4.06. The molecule has 1 spiro atoms. The lowest BCUT2D eigenvalue weighted by molar-refractivity contribution is 0.0762. The molecule has 130 valence electrons. The highest BCUT2D eigenvalue weighted by Crippen LogP contribution is 2.37. The van der Waals surface area contributed by atoms with Crippen molar-refractivity contribution in [2.75, 3.05) is 26.2 Å². The summed E-state index contributed by atoms with van der Waals surface area (Å²) in [6.45, 7) is 5.71. The van der Waals surface area contributed by atoms with Crippen LogP contribution in [0.5, 0.6) is 0 Å². The van der Waals surface area contributed by atoms with E-state index in [2.05, 4.69) is 15.3 Å². The lowest BCUT2D eigenvalue weighted by atomic mass is 9.80. The van der Waals surface area contributed by atoms with Gasteiger partial charge in [-0.2, -0.15) is 0 Å². The molecule has 3 heterocycles. The van der Waals surface area contributed by atoms with Crippen LogP contribution in [-0.2, 0) is 0 Å². The molecular formula is C20H24N4O. The van der Waals surface area contributed by atoms with Crippen LogP contribution in [0, 0.1) is 12.3 Å². The van der Waals surface area contributed by atoms with Crippen molar-refractivity contribution in [3.63, 3.8) is 0 Å². The van der Waals surface area contributed by atoms with E-state index >= 15 is 0 Å². The molecule has 5 nitrogen and oxygen atoms in total. The van der Waals surface area contributed by atoms with E-state index in [0.29, 0.717) is 11.4 Å². The van der Waals surface area contributed by atoms with E-state index in [1.165, 1.54) is 12.8 Å². The van der Waals surface area contributed by atoms with Crippen molar-refractivity contribution in [1.82, 2.24) is 20.2 Å². The third kappa shape index (κ3) is 3.16. The summed E-state index contributed by atoms with van der Waals surface area (Å²) in [6, 6.07) is 9.87. The molecule has 0 aliphatic carbocycles. The summed E-state index contributed by atoms with van der Waals surface area (Å²) >= 11 is 0. The molecule has 1 aromatic heterocycles. The van der Waals surface area contributed by atoms with Crippen molar-refractivity contribution in [2.24, 2.45) is 5.41 Å². The lowest BCUT2D eigenvalue weighted by Crippen LogP contribution is -2.42. The molecule has 2 aliphatic heterocycles. The predicted octanol–water partition coefficient (Wildman–Crippen LogP) is 2.67. The monoisotopic (exact) mass is 336 g/mol. The molecule has 1 amide bonds. The van der Waals surface area contributed by atoms with Crippen molar-refractivity contribution in [3.05, 3.63) is 47.8 Å². The number of nitrogens with one attached hydrogen (secondary N) is 1. The number of amides is 1. The van der Waals surface area contributed by atoms with Crippen LogP contribution in [0.2, 0.25) is 0 Å². The number of aromatic nitrogens is 2.